The summed E-state index contributed by atoms with van der Waals surface area (Å²) in [6.07, 6.45) is 1.49. The first kappa shape index (κ1) is 5.42. The molecule has 3 N–H and O–H groups in total. The Balaban J connectivity index is 3.09. The summed E-state index contributed by atoms with van der Waals surface area (Å²) < 4.78 is 3.22. The third-order valence-corrected chi connectivity index (χ3v) is 1.47. The van der Waals surface area contributed by atoms with Crippen LogP contribution in [-0.2, 0) is 0 Å². The highest BCUT2D eigenvalue weighted by Crippen LogP contribution is 1.92. The van der Waals surface area contributed by atoms with Crippen LogP contribution in [0.1, 0.15) is 0 Å². The first-order valence-electron chi connectivity index (χ1n) is 2.55. The SMILES string of the molecule is Nn1c(=S)[nH]n2cnnc12. The van der Waals surface area contributed by atoms with E-state index in [9.17, 15) is 0 Å². The van der Waals surface area contributed by atoms with E-state index in [0.29, 0.717) is 10.5 Å². The Kier molecular flexibility index (Phi) is 0.849. The van der Waals surface area contributed by atoms with E-state index >= 15 is 0 Å². The average Bonchev–Trinajstić information content (AvgIpc) is 2.41. The van der Waals surface area contributed by atoms with Crippen molar-refractivity contribution in [3.8, 4) is 0 Å². The molecule has 0 unspecified atom stereocenters. The van der Waals surface area contributed by atoms with Crippen LogP contribution in [-0.4, -0.2) is 24.5 Å². The van der Waals surface area contributed by atoms with E-state index in [4.69, 9.17) is 18.1 Å². The van der Waals surface area contributed by atoms with Crippen molar-refractivity contribution in [2.75, 3.05) is 5.84 Å². The van der Waals surface area contributed by atoms with Gasteiger partial charge in [0.1, 0.15) is 6.33 Å². The summed E-state index contributed by atoms with van der Waals surface area (Å²) in [5.41, 5.74) is 0. The maximum atomic E-state index is 5.44. The Morgan fingerprint density at radius 2 is 2.50 bits per heavy atom. The lowest BCUT2D eigenvalue weighted by atomic mass is 11.1. The van der Waals surface area contributed by atoms with Gasteiger partial charge in [0, 0.05) is 0 Å². The summed E-state index contributed by atoms with van der Waals surface area (Å²) in [6.45, 7) is 0. The summed E-state index contributed by atoms with van der Waals surface area (Å²) in [7, 11) is 0. The number of nitrogens with two attached hydrogens (primary N) is 1. The molecule has 0 radical (unpaired) electrons. The van der Waals surface area contributed by atoms with Crippen LogP contribution in [0.5, 0.6) is 0 Å². The molecule has 52 valence electrons. The van der Waals surface area contributed by atoms with E-state index in [2.05, 4.69) is 15.3 Å². The van der Waals surface area contributed by atoms with Crippen molar-refractivity contribution < 1.29 is 0 Å². The van der Waals surface area contributed by atoms with Gasteiger partial charge in [-0.2, -0.15) is 4.68 Å². The Labute approximate surface area is 60.2 Å². The van der Waals surface area contributed by atoms with Gasteiger partial charge in [-0.3, -0.25) is 5.10 Å². The quantitative estimate of drug-likeness (QED) is 0.390. The highest BCUT2D eigenvalue weighted by molar-refractivity contribution is 7.71. The van der Waals surface area contributed by atoms with Crippen molar-refractivity contribution in [2.24, 2.45) is 0 Å². The molecule has 6 nitrogen and oxygen atoms in total. The van der Waals surface area contributed by atoms with E-state index in [1.165, 1.54) is 11.0 Å². The standard InChI is InChI=1S/C3H4N6S/c4-9-2-6-5-1-8(2)7-3(9)10/h1H,4H2,(H,7,10). The third kappa shape index (κ3) is 0.494. The molecule has 0 amide bonds. The zero-order chi connectivity index (χ0) is 7.14. The zero-order valence-corrected chi connectivity index (χ0v) is 5.67. The van der Waals surface area contributed by atoms with E-state index in [1.54, 1.807) is 4.52 Å². The third-order valence-electron chi connectivity index (χ3n) is 1.18. The van der Waals surface area contributed by atoms with Gasteiger partial charge in [-0.15, -0.1) is 10.2 Å². The van der Waals surface area contributed by atoms with E-state index in [0.717, 1.165) is 0 Å². The van der Waals surface area contributed by atoms with Gasteiger partial charge in [0.05, 0.1) is 0 Å². The molecule has 10 heavy (non-hydrogen) atoms. The number of hydrogen-bond acceptors (Lipinski definition) is 4. The maximum Gasteiger partial charge on any atom is 0.271 e. The second kappa shape index (κ2) is 1.57. The molecule has 0 aliphatic rings. The fraction of sp³-hybridized carbons (Fsp3) is 0. The smallest absolute Gasteiger partial charge is 0.271 e. The lowest BCUT2D eigenvalue weighted by Gasteiger charge is -1.83. The topological polar surface area (TPSA) is 76.9 Å². The molecule has 2 rings (SSSR count). The summed E-state index contributed by atoms with van der Waals surface area (Å²) >= 11 is 4.80. The van der Waals surface area contributed by atoms with E-state index < -0.39 is 0 Å². The maximum absolute atomic E-state index is 5.44. The van der Waals surface area contributed by atoms with Gasteiger partial charge in [0.25, 0.3) is 5.78 Å². The van der Waals surface area contributed by atoms with Crippen molar-refractivity contribution in [1.29, 1.82) is 0 Å². The predicted molar refractivity (Wildman–Crippen MR) is 36.3 cm³/mol. The van der Waals surface area contributed by atoms with Crippen molar-refractivity contribution >= 4 is 18.0 Å². The van der Waals surface area contributed by atoms with Gasteiger partial charge in [0.15, 0.2) is 0 Å². The number of aromatic nitrogens is 5. The number of nitrogens with one attached hydrogen (secondary N) is 1. The fourth-order valence-electron chi connectivity index (χ4n) is 0.720. The zero-order valence-electron chi connectivity index (χ0n) is 4.85. The molecule has 0 saturated heterocycles. The summed E-state index contributed by atoms with van der Waals surface area (Å²) in [5.74, 6) is 5.95. The van der Waals surface area contributed by atoms with Gasteiger partial charge in [-0.05, 0) is 12.2 Å². The van der Waals surface area contributed by atoms with Crippen LogP contribution >= 0.6 is 12.2 Å². The van der Waals surface area contributed by atoms with E-state index in [-0.39, 0.29) is 0 Å². The molecular formula is C3H4N6S. The highest BCUT2D eigenvalue weighted by Gasteiger charge is 2.00. The van der Waals surface area contributed by atoms with Gasteiger partial charge in [-0.25, -0.2) is 4.52 Å². The lowest BCUT2D eigenvalue weighted by molar-refractivity contribution is 0.924. The number of aromatic amines is 1. The van der Waals surface area contributed by atoms with Crippen molar-refractivity contribution in [2.45, 2.75) is 0 Å². The Hall–Kier alpha value is -1.37. The van der Waals surface area contributed by atoms with Crippen molar-refractivity contribution in [1.82, 2.24) is 24.5 Å². The number of nitrogen functional groups attached to an aromatic ring is 1. The monoisotopic (exact) mass is 156 g/mol. The van der Waals surface area contributed by atoms with Crippen molar-refractivity contribution in [3.05, 3.63) is 11.1 Å². The summed E-state index contributed by atoms with van der Waals surface area (Å²) in [6, 6.07) is 0. The van der Waals surface area contributed by atoms with Crippen molar-refractivity contribution in [3.63, 3.8) is 0 Å². The molecule has 0 atom stereocenters. The van der Waals surface area contributed by atoms with Crippen LogP contribution in [0.3, 0.4) is 0 Å². The first-order chi connectivity index (χ1) is 4.79. The molecule has 2 aromatic heterocycles. The van der Waals surface area contributed by atoms with Gasteiger partial charge >= 0.3 is 0 Å². The van der Waals surface area contributed by atoms with Gasteiger partial charge in [0.2, 0.25) is 4.77 Å². The highest BCUT2D eigenvalue weighted by atomic mass is 32.1. The molecule has 0 aliphatic carbocycles. The second-order valence-corrected chi connectivity index (χ2v) is 2.17. The van der Waals surface area contributed by atoms with Gasteiger partial charge in [-0.1, -0.05) is 0 Å². The molecule has 0 saturated carbocycles. The Morgan fingerprint density at radius 3 is 3.20 bits per heavy atom. The number of nitrogens with zero attached hydrogens (tertiary/aromatic N) is 4. The molecule has 2 heterocycles. The number of hydrogen-bond donors (Lipinski definition) is 2. The lowest BCUT2D eigenvalue weighted by Crippen LogP contribution is -2.08. The van der Waals surface area contributed by atoms with E-state index in [1.807, 2.05) is 0 Å². The predicted octanol–water partition coefficient (Wildman–Crippen LogP) is -0.698. The number of fused-ring (bicyclic) bond motifs is 1. The summed E-state index contributed by atoms with van der Waals surface area (Å²) in [5, 5.41) is 10.0. The second-order valence-electron chi connectivity index (χ2n) is 1.79. The normalized spacial score (nSPS) is 10.8. The fourth-order valence-corrected chi connectivity index (χ4v) is 0.900. The van der Waals surface area contributed by atoms with Gasteiger partial charge < -0.3 is 5.84 Å². The van der Waals surface area contributed by atoms with Crippen LogP contribution in [0.15, 0.2) is 6.33 Å². The minimum Gasteiger partial charge on any atom is -0.334 e. The Bertz CT molecular complexity index is 406. The number of rotatable bonds is 0. The summed E-state index contributed by atoms with van der Waals surface area (Å²) in [4.78, 5) is 0. The Morgan fingerprint density at radius 1 is 1.70 bits per heavy atom. The molecule has 7 heteroatoms. The minimum absolute atomic E-state index is 0.421. The van der Waals surface area contributed by atoms with Crippen LogP contribution < -0.4 is 5.84 Å². The average molecular weight is 156 g/mol. The molecular weight excluding hydrogens is 152 g/mol. The number of H-pyrrole nitrogens is 1. The molecule has 0 fully saturated rings. The van der Waals surface area contributed by atoms with Crippen LogP contribution in [0, 0.1) is 4.77 Å². The first-order valence-corrected chi connectivity index (χ1v) is 2.96. The van der Waals surface area contributed by atoms with Crippen LogP contribution in [0.4, 0.5) is 0 Å². The largest absolute Gasteiger partial charge is 0.334 e. The minimum atomic E-state index is 0.421. The molecule has 2 aromatic rings. The van der Waals surface area contributed by atoms with Crippen LogP contribution in [0.2, 0.25) is 0 Å². The molecule has 0 spiro atoms. The molecule has 0 aliphatic heterocycles. The molecule has 0 aromatic carbocycles. The molecule has 0 bridgehead atoms. The van der Waals surface area contributed by atoms with Crippen LogP contribution in [0.25, 0.3) is 5.78 Å².